The molecule has 0 radical (unpaired) electrons. The fourth-order valence-corrected chi connectivity index (χ4v) is 1.84. The molecule has 0 aliphatic carbocycles. The monoisotopic (exact) mass is 288 g/mol. The van der Waals surface area contributed by atoms with Gasteiger partial charge in [-0.25, -0.2) is 4.98 Å². The van der Waals surface area contributed by atoms with Crippen molar-refractivity contribution in [2.24, 2.45) is 0 Å². The molecule has 0 aromatic carbocycles. The van der Waals surface area contributed by atoms with E-state index in [1.165, 1.54) is 0 Å². The van der Waals surface area contributed by atoms with Crippen LogP contribution in [0.1, 0.15) is 50.2 Å². The second kappa shape index (κ2) is 6.57. The predicted molar refractivity (Wildman–Crippen MR) is 84.3 cm³/mol. The molecule has 0 bridgehead atoms. The Hall–Kier alpha value is -2.09. The average molecular weight is 288 g/mol. The second-order valence-electron chi connectivity index (χ2n) is 6.25. The Morgan fingerprint density at radius 2 is 2.10 bits per heavy atom. The zero-order valence-electron chi connectivity index (χ0n) is 13.7. The number of hydrogen-bond acceptors (Lipinski definition) is 4. The Morgan fingerprint density at radius 3 is 2.57 bits per heavy atom. The molecule has 0 saturated carbocycles. The van der Waals surface area contributed by atoms with Gasteiger partial charge in [0.2, 0.25) is 0 Å². The minimum Gasteiger partial charge on any atom is -0.373 e. The number of nitrogens with zero attached hydrogens (tertiary/aromatic N) is 3. The highest BCUT2D eigenvalue weighted by molar-refractivity contribution is 5.95. The minimum atomic E-state index is -0.140. The summed E-state index contributed by atoms with van der Waals surface area (Å²) in [5, 5.41) is 11.8. The number of nitrogens with one attached hydrogen (secondary N) is 1. The predicted octanol–water partition coefficient (Wildman–Crippen LogP) is 2.79. The molecule has 5 nitrogen and oxygen atoms in total. The van der Waals surface area contributed by atoms with Gasteiger partial charge in [-0.3, -0.25) is 4.79 Å². The van der Waals surface area contributed by atoms with Gasteiger partial charge in [0.25, 0.3) is 5.91 Å². The van der Waals surface area contributed by atoms with Crippen molar-refractivity contribution < 1.29 is 4.79 Å². The minimum absolute atomic E-state index is 0.0952. The van der Waals surface area contributed by atoms with E-state index in [-0.39, 0.29) is 17.4 Å². The Balaban J connectivity index is 3.18. The van der Waals surface area contributed by atoms with Crippen LogP contribution in [0.5, 0.6) is 0 Å². The van der Waals surface area contributed by atoms with E-state index >= 15 is 0 Å². The fraction of sp³-hybridized carbons (Fsp3) is 0.562. The smallest absolute Gasteiger partial charge is 0.254 e. The number of aromatic nitrogens is 1. The van der Waals surface area contributed by atoms with Crippen LogP contribution < -0.4 is 5.32 Å². The van der Waals surface area contributed by atoms with Crippen molar-refractivity contribution in [3.8, 4) is 6.07 Å². The normalized spacial score (nSPS) is 12.4. The lowest BCUT2D eigenvalue weighted by molar-refractivity contribution is 0.0746. The molecule has 1 amide bonds. The van der Waals surface area contributed by atoms with Crippen LogP contribution in [-0.4, -0.2) is 35.9 Å². The molecule has 1 atom stereocenters. The molecule has 0 saturated heterocycles. The summed E-state index contributed by atoms with van der Waals surface area (Å²) in [6.45, 7) is 8.05. The molecule has 1 aromatic rings. The molecule has 1 unspecified atom stereocenters. The van der Waals surface area contributed by atoms with Crippen molar-refractivity contribution in [1.82, 2.24) is 9.88 Å². The molecule has 5 heteroatoms. The molecular formula is C16H24N4O. The molecule has 0 fully saturated rings. The lowest BCUT2D eigenvalue weighted by Gasteiger charge is -2.25. The van der Waals surface area contributed by atoms with Gasteiger partial charge >= 0.3 is 0 Å². The van der Waals surface area contributed by atoms with Gasteiger partial charge in [0.05, 0.1) is 12.5 Å². The number of carbonyl (C=O) groups excluding carboxylic acids is 1. The van der Waals surface area contributed by atoms with Crippen LogP contribution in [0.25, 0.3) is 0 Å². The van der Waals surface area contributed by atoms with Gasteiger partial charge < -0.3 is 10.2 Å². The fourth-order valence-electron chi connectivity index (χ4n) is 1.84. The highest BCUT2D eigenvalue weighted by atomic mass is 16.2. The first-order valence-electron chi connectivity index (χ1n) is 7.05. The van der Waals surface area contributed by atoms with Crippen LogP contribution >= 0.6 is 0 Å². The quantitative estimate of drug-likeness (QED) is 0.925. The van der Waals surface area contributed by atoms with Gasteiger partial charge in [-0.15, -0.1) is 0 Å². The first kappa shape index (κ1) is 17.0. The van der Waals surface area contributed by atoms with E-state index in [1.54, 1.807) is 25.1 Å². The molecule has 0 aliphatic rings. The summed E-state index contributed by atoms with van der Waals surface area (Å²) in [4.78, 5) is 18.7. The zero-order valence-corrected chi connectivity index (χ0v) is 13.7. The molecule has 114 valence electrons. The van der Waals surface area contributed by atoms with E-state index in [4.69, 9.17) is 5.26 Å². The summed E-state index contributed by atoms with van der Waals surface area (Å²) in [6.07, 6.45) is 0.318. The molecule has 0 spiro atoms. The van der Waals surface area contributed by atoms with Crippen molar-refractivity contribution in [3.05, 3.63) is 23.4 Å². The largest absolute Gasteiger partial charge is 0.373 e. The molecule has 1 N–H and O–H groups in total. The number of nitriles is 1. The van der Waals surface area contributed by atoms with Crippen molar-refractivity contribution in [3.63, 3.8) is 0 Å². The van der Waals surface area contributed by atoms with E-state index in [0.717, 1.165) is 5.69 Å². The molecule has 1 aromatic heterocycles. The van der Waals surface area contributed by atoms with Crippen molar-refractivity contribution in [1.29, 1.82) is 5.26 Å². The molecule has 21 heavy (non-hydrogen) atoms. The van der Waals surface area contributed by atoms with Crippen LogP contribution in [-0.2, 0) is 5.41 Å². The number of anilines is 1. The van der Waals surface area contributed by atoms with E-state index in [0.29, 0.717) is 17.8 Å². The lowest BCUT2D eigenvalue weighted by Crippen LogP contribution is -2.35. The van der Waals surface area contributed by atoms with Gasteiger partial charge in [-0.2, -0.15) is 5.26 Å². The van der Waals surface area contributed by atoms with Crippen LogP contribution in [0.2, 0.25) is 0 Å². The first-order valence-corrected chi connectivity index (χ1v) is 7.05. The van der Waals surface area contributed by atoms with Gasteiger partial charge in [0.15, 0.2) is 0 Å². The lowest BCUT2D eigenvalue weighted by atomic mass is 9.90. The summed E-state index contributed by atoms with van der Waals surface area (Å²) in [7, 11) is 3.51. The summed E-state index contributed by atoms with van der Waals surface area (Å²) >= 11 is 0. The van der Waals surface area contributed by atoms with Gasteiger partial charge in [-0.1, -0.05) is 20.8 Å². The Bertz CT molecular complexity index is 554. The molecule has 0 aliphatic heterocycles. The Labute approximate surface area is 127 Å². The van der Waals surface area contributed by atoms with Crippen molar-refractivity contribution in [2.75, 3.05) is 19.4 Å². The number of amides is 1. The maximum absolute atomic E-state index is 12.6. The van der Waals surface area contributed by atoms with Crippen LogP contribution in [0, 0.1) is 11.3 Å². The highest BCUT2D eigenvalue weighted by Crippen LogP contribution is 2.24. The van der Waals surface area contributed by atoms with E-state index in [1.807, 2.05) is 13.0 Å². The Kier molecular flexibility index (Phi) is 5.31. The van der Waals surface area contributed by atoms with Gasteiger partial charge in [0.1, 0.15) is 5.82 Å². The van der Waals surface area contributed by atoms with Gasteiger partial charge in [-0.05, 0) is 19.1 Å². The highest BCUT2D eigenvalue weighted by Gasteiger charge is 2.22. The van der Waals surface area contributed by atoms with Crippen LogP contribution in [0.3, 0.4) is 0 Å². The average Bonchev–Trinajstić information content (AvgIpc) is 2.44. The van der Waals surface area contributed by atoms with Crippen molar-refractivity contribution in [2.45, 2.75) is 45.6 Å². The van der Waals surface area contributed by atoms with E-state index in [2.05, 4.69) is 37.1 Å². The van der Waals surface area contributed by atoms with E-state index < -0.39 is 0 Å². The topological polar surface area (TPSA) is 69.0 Å². The third kappa shape index (κ3) is 4.19. The number of hydrogen-bond donors (Lipinski definition) is 1. The standard InChI is InChI=1S/C16H24N4O/c1-11(7-8-17)20(6)15(21)12-9-13(16(2,3)4)19-14(10-12)18-5/h9-11H,7H2,1-6H3,(H,18,19). The maximum atomic E-state index is 12.6. The van der Waals surface area contributed by atoms with Crippen LogP contribution in [0.15, 0.2) is 12.1 Å². The van der Waals surface area contributed by atoms with E-state index in [9.17, 15) is 4.79 Å². The Morgan fingerprint density at radius 1 is 1.48 bits per heavy atom. The van der Waals surface area contributed by atoms with Gasteiger partial charge in [0, 0.05) is 36.8 Å². The third-order valence-electron chi connectivity index (χ3n) is 3.47. The SMILES string of the molecule is CNc1cc(C(=O)N(C)C(C)CC#N)cc(C(C)(C)C)n1. The second-order valence-corrected chi connectivity index (χ2v) is 6.25. The molecular weight excluding hydrogens is 264 g/mol. The first-order chi connectivity index (χ1) is 9.70. The molecule has 1 heterocycles. The third-order valence-corrected chi connectivity index (χ3v) is 3.47. The van der Waals surface area contributed by atoms with Crippen molar-refractivity contribution >= 4 is 11.7 Å². The maximum Gasteiger partial charge on any atom is 0.254 e. The zero-order chi connectivity index (χ0) is 16.2. The summed E-state index contributed by atoms with van der Waals surface area (Å²) in [6, 6.07) is 5.55. The number of rotatable bonds is 4. The summed E-state index contributed by atoms with van der Waals surface area (Å²) < 4.78 is 0. The summed E-state index contributed by atoms with van der Waals surface area (Å²) in [5.74, 6) is 0.578. The van der Waals surface area contributed by atoms with Crippen LogP contribution in [0.4, 0.5) is 5.82 Å². The number of carbonyl (C=O) groups is 1. The number of pyridine rings is 1. The summed E-state index contributed by atoms with van der Waals surface area (Å²) in [5.41, 5.74) is 1.31. The molecule has 1 rings (SSSR count).